The molecule has 0 saturated heterocycles. The van der Waals surface area contributed by atoms with Crippen molar-refractivity contribution in [2.75, 3.05) is 4.90 Å². The highest BCUT2D eigenvalue weighted by atomic mass is 16.2. The van der Waals surface area contributed by atoms with Crippen molar-refractivity contribution in [1.82, 2.24) is 0 Å². The smallest absolute Gasteiger partial charge is 0.265 e. The van der Waals surface area contributed by atoms with Gasteiger partial charge in [-0.2, -0.15) is 0 Å². The van der Waals surface area contributed by atoms with Crippen molar-refractivity contribution in [3.63, 3.8) is 0 Å². The number of benzene rings is 8. The average Bonchev–Trinajstić information content (AvgIpc) is 3.10. The number of fused-ring (bicyclic) bond motifs is 3. The van der Waals surface area contributed by atoms with Crippen LogP contribution in [0, 0.1) is 0 Å². The molecular formula is C42H25NO2. The number of hydrogen-bond acceptors (Lipinski definition) is 2. The van der Waals surface area contributed by atoms with Gasteiger partial charge >= 0.3 is 0 Å². The number of imide groups is 1. The van der Waals surface area contributed by atoms with E-state index in [1.165, 1.54) is 26.8 Å². The van der Waals surface area contributed by atoms with E-state index in [9.17, 15) is 9.59 Å². The van der Waals surface area contributed by atoms with Gasteiger partial charge in [0, 0.05) is 16.5 Å². The van der Waals surface area contributed by atoms with Crippen molar-refractivity contribution in [3.8, 4) is 22.3 Å². The second-order valence-corrected chi connectivity index (χ2v) is 11.6. The van der Waals surface area contributed by atoms with Gasteiger partial charge in [-0.15, -0.1) is 0 Å². The minimum absolute atomic E-state index is 0.303. The molecule has 3 heteroatoms. The van der Waals surface area contributed by atoms with Gasteiger partial charge in [-0.25, -0.2) is 4.90 Å². The molecule has 2 amide bonds. The molecule has 0 saturated carbocycles. The molecule has 0 radical (unpaired) electrons. The van der Waals surface area contributed by atoms with Crippen LogP contribution in [0.2, 0.25) is 0 Å². The SMILES string of the molecule is O=C1c2cccc3c(-c4c5ccccc5c(-c5ccc6ccccc6c5)c5ccccc45)ccc(c23)C(=O)N1c1ccccc1. The minimum Gasteiger partial charge on any atom is -0.268 e. The molecule has 0 aliphatic carbocycles. The molecule has 3 nitrogen and oxygen atoms in total. The third kappa shape index (κ3) is 3.71. The fourth-order valence-electron chi connectivity index (χ4n) is 7.20. The Labute approximate surface area is 259 Å². The van der Waals surface area contributed by atoms with Crippen molar-refractivity contribution in [3.05, 3.63) is 163 Å². The molecule has 1 aliphatic heterocycles. The maximum absolute atomic E-state index is 13.9. The fraction of sp³-hybridized carbons (Fsp3) is 0. The van der Waals surface area contributed by atoms with Crippen LogP contribution in [-0.2, 0) is 0 Å². The standard InChI is InChI=1S/C42H25NO2/c44-41-36-20-10-19-34-35(23-24-37(40(34)36)42(45)43(41)29-13-2-1-3-14-29)39-32-17-8-6-15-30(32)38(31-16-7-9-18-33(31)39)28-22-21-26-11-4-5-12-27(26)25-28/h1-25H. The molecule has 1 aliphatic rings. The van der Waals surface area contributed by atoms with Gasteiger partial charge in [0.05, 0.1) is 5.69 Å². The predicted molar refractivity (Wildman–Crippen MR) is 185 cm³/mol. The highest BCUT2D eigenvalue weighted by Gasteiger charge is 2.34. The molecule has 1 heterocycles. The number of carbonyl (C=O) groups is 2. The van der Waals surface area contributed by atoms with Crippen LogP contribution in [0.15, 0.2) is 152 Å². The number of anilines is 1. The summed E-state index contributed by atoms with van der Waals surface area (Å²) in [6.45, 7) is 0. The number of amides is 2. The third-order valence-corrected chi connectivity index (χ3v) is 9.16. The first-order valence-electron chi connectivity index (χ1n) is 15.1. The lowest BCUT2D eigenvalue weighted by molar-refractivity contribution is 0.0893. The van der Waals surface area contributed by atoms with E-state index in [1.54, 1.807) is 12.1 Å². The molecule has 0 atom stereocenters. The zero-order valence-electron chi connectivity index (χ0n) is 24.2. The van der Waals surface area contributed by atoms with Gasteiger partial charge in [0.15, 0.2) is 0 Å². The molecule has 0 spiro atoms. The zero-order valence-corrected chi connectivity index (χ0v) is 24.2. The first-order valence-corrected chi connectivity index (χ1v) is 15.1. The van der Waals surface area contributed by atoms with Gasteiger partial charge in [0.2, 0.25) is 0 Å². The Morgan fingerprint density at radius 3 is 1.60 bits per heavy atom. The molecule has 8 aromatic rings. The summed E-state index contributed by atoms with van der Waals surface area (Å²) in [5.41, 5.74) is 6.11. The maximum atomic E-state index is 13.9. The van der Waals surface area contributed by atoms with Crippen LogP contribution >= 0.6 is 0 Å². The van der Waals surface area contributed by atoms with Crippen molar-refractivity contribution < 1.29 is 9.59 Å². The van der Waals surface area contributed by atoms with E-state index < -0.39 is 0 Å². The highest BCUT2D eigenvalue weighted by Crippen LogP contribution is 2.47. The second-order valence-electron chi connectivity index (χ2n) is 11.6. The van der Waals surface area contributed by atoms with Crippen molar-refractivity contribution in [1.29, 1.82) is 0 Å². The molecule has 0 N–H and O–H groups in total. The second kappa shape index (κ2) is 9.73. The summed E-state index contributed by atoms with van der Waals surface area (Å²) in [4.78, 5) is 29.1. The summed E-state index contributed by atoms with van der Waals surface area (Å²) in [6, 6.07) is 51.2. The molecule has 45 heavy (non-hydrogen) atoms. The quantitative estimate of drug-likeness (QED) is 0.155. The summed E-state index contributed by atoms with van der Waals surface area (Å²) in [7, 11) is 0. The van der Waals surface area contributed by atoms with Gasteiger partial charge < -0.3 is 0 Å². The van der Waals surface area contributed by atoms with E-state index in [1.807, 2.05) is 42.5 Å². The Bertz CT molecular complexity index is 2450. The van der Waals surface area contributed by atoms with Crippen LogP contribution in [0.4, 0.5) is 5.69 Å². The van der Waals surface area contributed by atoms with Gasteiger partial charge in [0.25, 0.3) is 11.8 Å². The summed E-state index contributed by atoms with van der Waals surface area (Å²) in [5, 5.41) is 8.59. The van der Waals surface area contributed by atoms with Crippen LogP contribution in [0.5, 0.6) is 0 Å². The Morgan fingerprint density at radius 1 is 0.378 bits per heavy atom. The van der Waals surface area contributed by atoms with Gasteiger partial charge in [-0.3, -0.25) is 9.59 Å². The Morgan fingerprint density at radius 2 is 0.911 bits per heavy atom. The fourth-order valence-corrected chi connectivity index (χ4v) is 7.20. The highest BCUT2D eigenvalue weighted by molar-refractivity contribution is 6.37. The van der Waals surface area contributed by atoms with Gasteiger partial charge in [-0.05, 0) is 90.3 Å². The molecule has 0 fully saturated rings. The summed E-state index contributed by atoms with van der Waals surface area (Å²) < 4.78 is 0. The zero-order chi connectivity index (χ0) is 30.1. The number of para-hydroxylation sites is 1. The van der Waals surface area contributed by atoms with Crippen molar-refractivity contribution in [2.45, 2.75) is 0 Å². The third-order valence-electron chi connectivity index (χ3n) is 9.16. The van der Waals surface area contributed by atoms with E-state index in [-0.39, 0.29) is 11.8 Å². The molecule has 8 aromatic carbocycles. The normalized spacial score (nSPS) is 12.9. The van der Waals surface area contributed by atoms with E-state index in [0.29, 0.717) is 22.2 Å². The first kappa shape index (κ1) is 25.4. The van der Waals surface area contributed by atoms with E-state index in [0.717, 1.165) is 38.1 Å². The Kier molecular flexibility index (Phi) is 5.50. The van der Waals surface area contributed by atoms with Gasteiger partial charge in [0.1, 0.15) is 0 Å². The summed E-state index contributed by atoms with van der Waals surface area (Å²) in [5.74, 6) is -0.606. The topological polar surface area (TPSA) is 37.4 Å². The molecule has 210 valence electrons. The van der Waals surface area contributed by atoms with Crippen LogP contribution < -0.4 is 4.90 Å². The lowest BCUT2D eigenvalue weighted by Gasteiger charge is -2.28. The largest absolute Gasteiger partial charge is 0.268 e. The lowest BCUT2D eigenvalue weighted by atomic mass is 9.83. The number of hydrogen-bond donors (Lipinski definition) is 0. The van der Waals surface area contributed by atoms with Crippen LogP contribution in [0.25, 0.3) is 65.3 Å². The predicted octanol–water partition coefficient (Wildman–Crippen LogP) is 10.4. The Balaban J connectivity index is 1.34. The first-order chi connectivity index (χ1) is 22.2. The van der Waals surface area contributed by atoms with E-state index in [2.05, 4.69) is 97.1 Å². The monoisotopic (exact) mass is 575 g/mol. The Hall–Kier alpha value is -6.06. The van der Waals surface area contributed by atoms with Crippen molar-refractivity contribution >= 4 is 60.6 Å². The van der Waals surface area contributed by atoms with Crippen LogP contribution in [0.3, 0.4) is 0 Å². The number of nitrogens with zero attached hydrogens (tertiary/aromatic N) is 1. The van der Waals surface area contributed by atoms with Crippen LogP contribution in [0.1, 0.15) is 20.7 Å². The number of rotatable bonds is 3. The van der Waals surface area contributed by atoms with E-state index in [4.69, 9.17) is 0 Å². The molecule has 0 bridgehead atoms. The summed E-state index contributed by atoms with van der Waals surface area (Å²) in [6.07, 6.45) is 0. The molecular weight excluding hydrogens is 550 g/mol. The van der Waals surface area contributed by atoms with E-state index >= 15 is 0 Å². The van der Waals surface area contributed by atoms with Crippen LogP contribution in [-0.4, -0.2) is 11.8 Å². The summed E-state index contributed by atoms with van der Waals surface area (Å²) >= 11 is 0. The van der Waals surface area contributed by atoms with Gasteiger partial charge in [-0.1, -0.05) is 121 Å². The maximum Gasteiger partial charge on any atom is 0.265 e. The molecule has 0 unspecified atom stereocenters. The lowest BCUT2D eigenvalue weighted by Crippen LogP contribution is -2.40. The number of carbonyl (C=O) groups excluding carboxylic acids is 2. The minimum atomic E-state index is -0.303. The average molecular weight is 576 g/mol. The van der Waals surface area contributed by atoms with Crippen molar-refractivity contribution in [2.24, 2.45) is 0 Å². The molecule has 9 rings (SSSR count). The molecule has 0 aromatic heterocycles.